The van der Waals surface area contributed by atoms with Crippen LogP contribution in [0.5, 0.6) is 28.7 Å². The Bertz CT molecular complexity index is 1410. The number of hydrogen-bond donors (Lipinski definition) is 0. The predicted molar refractivity (Wildman–Crippen MR) is 152 cm³/mol. The molecule has 0 saturated carbocycles. The highest BCUT2D eigenvalue weighted by Gasteiger charge is 2.36. The van der Waals surface area contributed by atoms with Crippen LogP contribution in [0.15, 0.2) is 48.1 Å². The summed E-state index contributed by atoms with van der Waals surface area (Å²) in [6.45, 7) is 13.8. The molecule has 0 aromatic heterocycles. The normalized spacial score (nSPS) is 14.6. The number of carbonyl (C=O) groups excluding carboxylic acids is 4. The van der Waals surface area contributed by atoms with Gasteiger partial charge in [0.15, 0.2) is 11.5 Å². The number of esters is 3. The molecule has 2 aromatic carbocycles. The van der Waals surface area contributed by atoms with Gasteiger partial charge in [-0.2, -0.15) is 0 Å². The van der Waals surface area contributed by atoms with Crippen LogP contribution in [0.4, 0.5) is 0 Å². The van der Waals surface area contributed by atoms with Crippen LogP contribution in [0.2, 0.25) is 0 Å². The molecule has 2 aromatic rings. The van der Waals surface area contributed by atoms with Gasteiger partial charge < -0.3 is 23.7 Å². The number of ether oxygens (including phenoxy) is 5. The van der Waals surface area contributed by atoms with Crippen LogP contribution >= 0.6 is 0 Å². The van der Waals surface area contributed by atoms with Gasteiger partial charge in [0.1, 0.15) is 34.7 Å². The van der Waals surface area contributed by atoms with Gasteiger partial charge in [0.05, 0.1) is 13.5 Å². The predicted octanol–water partition coefficient (Wildman–Crippen LogP) is 6.27. The van der Waals surface area contributed by atoms with Crippen LogP contribution in [0.25, 0.3) is 0 Å². The highest BCUT2D eigenvalue weighted by atomic mass is 16.6. The fourth-order valence-electron chi connectivity index (χ4n) is 4.61. The number of methoxy groups -OCH3 is 1. The SMILES string of the molecule is C=C(C)[C@H](CC=C(C)C)Cc1c(OC(C)=O)cc2c(c1OC(C)=O)C(=O)C[C@@H](c1ccc(OC(C)=O)cc1OC)O2. The van der Waals surface area contributed by atoms with E-state index >= 15 is 0 Å². The Labute approximate surface area is 240 Å². The third-order valence-electron chi connectivity index (χ3n) is 6.50. The standard InChI is InChI=1S/C32H36O9/c1-17(2)9-10-22(18(3)4)13-25-29(39-20(6)34)16-30-31(32(25)40-21(7)35)26(36)15-28(41-30)24-12-11-23(38-19(5)33)14-27(24)37-8/h9,11-12,14,16,22,28H,3,10,13,15H2,1-2,4-8H3/t22-,28+/m1/s1. The Morgan fingerprint density at radius 3 is 2.20 bits per heavy atom. The molecule has 1 heterocycles. The molecular weight excluding hydrogens is 528 g/mol. The van der Waals surface area contributed by atoms with Gasteiger partial charge in [-0.15, -0.1) is 0 Å². The molecule has 41 heavy (non-hydrogen) atoms. The van der Waals surface area contributed by atoms with E-state index in [1.807, 2.05) is 20.8 Å². The third-order valence-corrected chi connectivity index (χ3v) is 6.50. The Morgan fingerprint density at radius 1 is 0.976 bits per heavy atom. The molecule has 0 N–H and O–H groups in total. The van der Waals surface area contributed by atoms with Gasteiger partial charge in [-0.1, -0.05) is 23.8 Å². The second-order valence-electron chi connectivity index (χ2n) is 10.2. The Hall–Kier alpha value is -4.40. The van der Waals surface area contributed by atoms with Crippen molar-refractivity contribution in [1.82, 2.24) is 0 Å². The van der Waals surface area contributed by atoms with Crippen LogP contribution in [0, 0.1) is 5.92 Å². The minimum atomic E-state index is -0.779. The van der Waals surface area contributed by atoms with Crippen LogP contribution < -0.4 is 23.7 Å². The number of ketones is 1. The van der Waals surface area contributed by atoms with Crippen LogP contribution in [-0.2, 0) is 20.8 Å². The highest BCUT2D eigenvalue weighted by molar-refractivity contribution is 6.04. The smallest absolute Gasteiger partial charge is 0.308 e. The molecule has 0 aliphatic carbocycles. The fourth-order valence-corrected chi connectivity index (χ4v) is 4.61. The molecule has 0 fully saturated rings. The number of carbonyl (C=O) groups is 4. The molecule has 2 atom stereocenters. The zero-order chi connectivity index (χ0) is 30.4. The van der Waals surface area contributed by atoms with Crippen molar-refractivity contribution in [2.24, 2.45) is 5.92 Å². The Balaban J connectivity index is 2.16. The monoisotopic (exact) mass is 564 g/mol. The number of Topliss-reactive ketones (excluding diaryl/α,β-unsaturated/α-hetero) is 1. The first-order valence-electron chi connectivity index (χ1n) is 13.2. The minimum Gasteiger partial charge on any atom is -0.496 e. The minimum absolute atomic E-state index is 0.00956. The van der Waals surface area contributed by atoms with E-state index in [0.717, 1.165) is 11.1 Å². The summed E-state index contributed by atoms with van der Waals surface area (Å²) in [5, 5.41) is 0. The van der Waals surface area contributed by atoms with Crippen molar-refractivity contribution < 1.29 is 42.9 Å². The summed E-state index contributed by atoms with van der Waals surface area (Å²) in [7, 11) is 1.45. The fraction of sp³-hybridized carbons (Fsp3) is 0.375. The second kappa shape index (κ2) is 13.3. The van der Waals surface area contributed by atoms with Crippen LogP contribution in [0.3, 0.4) is 0 Å². The van der Waals surface area contributed by atoms with Gasteiger partial charge in [0.25, 0.3) is 0 Å². The van der Waals surface area contributed by atoms with E-state index in [4.69, 9.17) is 23.7 Å². The van der Waals surface area contributed by atoms with Crippen molar-refractivity contribution in [3.8, 4) is 28.7 Å². The molecule has 9 heteroatoms. The molecule has 1 aliphatic heterocycles. The summed E-state index contributed by atoms with van der Waals surface area (Å²) in [6.07, 6.45) is 2.17. The van der Waals surface area contributed by atoms with Crippen molar-refractivity contribution in [1.29, 1.82) is 0 Å². The number of fused-ring (bicyclic) bond motifs is 1. The van der Waals surface area contributed by atoms with Crippen LogP contribution in [0.1, 0.15) is 82.0 Å². The zero-order valence-electron chi connectivity index (χ0n) is 24.5. The molecule has 218 valence electrons. The number of hydrogen-bond acceptors (Lipinski definition) is 9. The maximum absolute atomic E-state index is 13.7. The molecule has 0 amide bonds. The first kappa shape index (κ1) is 31.1. The third kappa shape index (κ3) is 7.84. The second-order valence-corrected chi connectivity index (χ2v) is 10.2. The topological polar surface area (TPSA) is 114 Å². The number of rotatable bonds is 10. The molecule has 0 spiro atoms. The van der Waals surface area contributed by atoms with Crippen molar-refractivity contribution >= 4 is 23.7 Å². The van der Waals surface area contributed by atoms with Crippen LogP contribution in [-0.4, -0.2) is 30.8 Å². The van der Waals surface area contributed by atoms with Crippen molar-refractivity contribution in [2.45, 2.75) is 66.9 Å². The van der Waals surface area contributed by atoms with Crippen molar-refractivity contribution in [3.63, 3.8) is 0 Å². The molecule has 0 saturated heterocycles. The molecule has 0 radical (unpaired) electrons. The molecule has 9 nitrogen and oxygen atoms in total. The van der Waals surface area contributed by atoms with Gasteiger partial charge in [0, 0.05) is 44.0 Å². The van der Waals surface area contributed by atoms with E-state index in [2.05, 4.69) is 12.7 Å². The quantitative estimate of drug-likeness (QED) is 0.187. The molecular formula is C32H36O9. The lowest BCUT2D eigenvalue weighted by atomic mass is 9.86. The summed E-state index contributed by atoms with van der Waals surface area (Å²) in [5.74, 6) is -1.25. The van der Waals surface area contributed by atoms with Crippen molar-refractivity contribution in [2.75, 3.05) is 7.11 Å². The first-order valence-corrected chi connectivity index (χ1v) is 13.2. The Kier molecular flexibility index (Phi) is 10.1. The lowest BCUT2D eigenvalue weighted by Crippen LogP contribution is -2.24. The number of benzene rings is 2. The zero-order valence-corrected chi connectivity index (χ0v) is 24.5. The summed E-state index contributed by atoms with van der Waals surface area (Å²) in [4.78, 5) is 49.4. The average Bonchev–Trinajstić information content (AvgIpc) is 2.86. The maximum Gasteiger partial charge on any atom is 0.308 e. The van der Waals surface area contributed by atoms with Gasteiger partial charge in [-0.3, -0.25) is 19.2 Å². The average molecular weight is 565 g/mol. The highest BCUT2D eigenvalue weighted by Crippen LogP contribution is 2.48. The molecule has 1 aliphatic rings. The van der Waals surface area contributed by atoms with E-state index in [1.165, 1.54) is 40.0 Å². The van der Waals surface area contributed by atoms with Gasteiger partial charge in [-0.05, 0) is 51.7 Å². The molecule has 3 rings (SSSR count). The summed E-state index contributed by atoms with van der Waals surface area (Å²) >= 11 is 0. The van der Waals surface area contributed by atoms with Gasteiger partial charge >= 0.3 is 17.9 Å². The summed E-state index contributed by atoms with van der Waals surface area (Å²) in [6, 6.07) is 6.24. The van der Waals surface area contributed by atoms with Gasteiger partial charge in [-0.25, -0.2) is 0 Å². The van der Waals surface area contributed by atoms with E-state index in [1.54, 1.807) is 12.1 Å². The van der Waals surface area contributed by atoms with Crippen molar-refractivity contribution in [3.05, 3.63) is 64.8 Å². The lowest BCUT2D eigenvalue weighted by Gasteiger charge is -2.30. The van der Waals surface area contributed by atoms with E-state index in [9.17, 15) is 19.2 Å². The summed E-state index contributed by atoms with van der Waals surface area (Å²) in [5.41, 5.74) is 3.06. The summed E-state index contributed by atoms with van der Waals surface area (Å²) < 4.78 is 28.1. The number of allylic oxidation sites excluding steroid dienone is 3. The van der Waals surface area contributed by atoms with Gasteiger partial charge in [0.2, 0.25) is 0 Å². The Morgan fingerprint density at radius 2 is 1.63 bits per heavy atom. The van der Waals surface area contributed by atoms with E-state index < -0.39 is 24.0 Å². The first-order chi connectivity index (χ1) is 19.3. The lowest BCUT2D eigenvalue weighted by molar-refractivity contribution is -0.133. The van der Waals surface area contributed by atoms with E-state index in [-0.39, 0.29) is 46.7 Å². The molecule has 0 bridgehead atoms. The molecule has 0 unspecified atom stereocenters. The maximum atomic E-state index is 13.7. The largest absolute Gasteiger partial charge is 0.496 e. The van der Waals surface area contributed by atoms with E-state index in [0.29, 0.717) is 29.7 Å².